The monoisotopic (exact) mass is 372 g/mol. The lowest BCUT2D eigenvalue weighted by atomic mass is 10.3. The van der Waals surface area contributed by atoms with E-state index in [4.69, 9.17) is 9.47 Å². The number of hydrogen-bond acceptors (Lipinski definition) is 6. The summed E-state index contributed by atoms with van der Waals surface area (Å²) in [5.74, 6) is 0.711. The fraction of sp³-hybridized carbons (Fsp3) is 0.250. The van der Waals surface area contributed by atoms with Crippen LogP contribution in [0.25, 0.3) is 0 Å². The third-order valence-corrected chi connectivity index (χ3v) is 2.78. The minimum absolute atomic E-state index is 0. The quantitative estimate of drug-likeness (QED) is 0.473. The molecular weight excluding hydrogens is 352 g/mol. The maximum absolute atomic E-state index is 10.3. The summed E-state index contributed by atoms with van der Waals surface area (Å²) in [5.41, 5.74) is 4.30. The summed E-state index contributed by atoms with van der Waals surface area (Å²) >= 11 is 0. The molecule has 0 bridgehead atoms. The molecule has 0 fully saturated rings. The van der Waals surface area contributed by atoms with E-state index < -0.39 is 4.92 Å². The number of quaternary nitrogens is 1. The largest absolute Gasteiger partial charge is 1.00 e. The molecule has 138 valence electrons. The molecule has 0 aliphatic carbocycles. The number of rotatable bonds is 5. The summed E-state index contributed by atoms with van der Waals surface area (Å²) in [4.78, 5) is 9.70. The molecule has 0 spiro atoms. The number of hydrogen-bond donors (Lipinski definition) is 3. The highest BCUT2D eigenvalue weighted by Gasteiger charge is 2.09. The number of nitrogens with zero attached hydrogens (tertiary/aromatic N) is 1. The van der Waals surface area contributed by atoms with Crippen LogP contribution < -0.4 is 27.6 Å². The van der Waals surface area contributed by atoms with Crippen LogP contribution in [0.2, 0.25) is 0 Å². The lowest BCUT2D eigenvalue weighted by molar-refractivity contribution is -0.385. The molecule has 2 aromatic rings. The van der Waals surface area contributed by atoms with Crippen LogP contribution in [0.5, 0.6) is 23.0 Å². The van der Waals surface area contributed by atoms with E-state index in [1.165, 1.54) is 12.1 Å². The Morgan fingerprint density at radius 1 is 1.00 bits per heavy atom. The number of benzene rings is 2. The molecule has 8 nitrogen and oxygen atoms in total. The molecular formula is C16H21ClN2O6. The molecule has 2 aromatic carbocycles. The van der Waals surface area contributed by atoms with Crippen LogP contribution in [0.1, 0.15) is 13.8 Å². The molecule has 0 atom stereocenters. The molecule has 0 radical (unpaired) electrons. The Kier molecular flexibility index (Phi) is 9.76. The van der Waals surface area contributed by atoms with Gasteiger partial charge in [0.15, 0.2) is 23.0 Å². The van der Waals surface area contributed by atoms with Crippen molar-refractivity contribution in [2.75, 3.05) is 13.2 Å². The Labute approximate surface area is 151 Å². The van der Waals surface area contributed by atoms with Crippen LogP contribution in [0.3, 0.4) is 0 Å². The molecule has 0 aliphatic heterocycles. The van der Waals surface area contributed by atoms with Crippen molar-refractivity contribution < 1.29 is 42.8 Å². The van der Waals surface area contributed by atoms with Crippen LogP contribution in [-0.4, -0.2) is 28.4 Å². The average molecular weight is 373 g/mol. The van der Waals surface area contributed by atoms with Gasteiger partial charge in [0.05, 0.1) is 24.2 Å². The molecule has 0 saturated heterocycles. The van der Waals surface area contributed by atoms with Crippen LogP contribution in [0, 0.1) is 10.1 Å². The number of aromatic hydroxyl groups is 2. The Balaban J connectivity index is 0.000000449. The Hall–Kier alpha value is -2.71. The van der Waals surface area contributed by atoms with Crippen LogP contribution >= 0.6 is 0 Å². The first-order valence-electron chi connectivity index (χ1n) is 7.27. The van der Waals surface area contributed by atoms with Gasteiger partial charge in [-0.2, -0.15) is 0 Å². The maximum atomic E-state index is 10.3. The molecule has 9 heteroatoms. The number of phenols is 2. The van der Waals surface area contributed by atoms with Gasteiger partial charge in [-0.25, -0.2) is 0 Å². The molecule has 25 heavy (non-hydrogen) atoms. The van der Waals surface area contributed by atoms with E-state index in [1.54, 1.807) is 25.1 Å². The zero-order chi connectivity index (χ0) is 18.1. The van der Waals surface area contributed by atoms with E-state index >= 15 is 0 Å². The van der Waals surface area contributed by atoms with Crippen molar-refractivity contribution in [3.63, 3.8) is 0 Å². The average Bonchev–Trinajstić information content (AvgIpc) is 2.53. The number of phenolic OH excluding ortho intramolecular Hbond substituents is 2. The topological polar surface area (TPSA) is 130 Å². The predicted octanol–water partition coefficient (Wildman–Crippen LogP) is -0.633. The van der Waals surface area contributed by atoms with Gasteiger partial charge >= 0.3 is 0 Å². The van der Waals surface area contributed by atoms with Crippen LogP contribution in [0.15, 0.2) is 36.4 Å². The Bertz CT molecular complexity index is 696. The number of ether oxygens (including phenoxy) is 2. The van der Waals surface area contributed by atoms with Crippen molar-refractivity contribution in [2.45, 2.75) is 13.8 Å². The van der Waals surface area contributed by atoms with Gasteiger partial charge < -0.3 is 37.8 Å². The number of nitro benzene ring substituents is 1. The normalized spacial score (nSPS) is 9.24. The lowest BCUT2D eigenvalue weighted by Gasteiger charge is -2.03. The molecule has 0 unspecified atom stereocenters. The second-order valence-corrected chi connectivity index (χ2v) is 4.58. The first kappa shape index (κ1) is 22.3. The number of non-ortho nitro benzene ring substituents is 1. The fourth-order valence-corrected chi connectivity index (χ4v) is 1.74. The van der Waals surface area contributed by atoms with Crippen molar-refractivity contribution in [1.82, 2.24) is 0 Å². The minimum Gasteiger partial charge on any atom is -1.00 e. The van der Waals surface area contributed by atoms with E-state index in [9.17, 15) is 20.3 Å². The van der Waals surface area contributed by atoms with Gasteiger partial charge in [0.2, 0.25) is 0 Å². The highest BCUT2D eigenvalue weighted by atomic mass is 35.5. The third-order valence-electron chi connectivity index (χ3n) is 2.78. The minimum atomic E-state index is -0.574. The zero-order valence-corrected chi connectivity index (χ0v) is 14.7. The molecule has 2 rings (SSSR count). The summed E-state index contributed by atoms with van der Waals surface area (Å²) in [6.07, 6.45) is 0. The predicted molar refractivity (Wildman–Crippen MR) is 87.8 cm³/mol. The molecule has 0 heterocycles. The summed E-state index contributed by atoms with van der Waals surface area (Å²) in [5, 5.41) is 28.8. The van der Waals surface area contributed by atoms with Crippen molar-refractivity contribution in [3.05, 3.63) is 46.5 Å². The second-order valence-electron chi connectivity index (χ2n) is 4.58. The summed E-state index contributed by atoms with van der Waals surface area (Å²) in [6, 6.07) is 8.80. The highest BCUT2D eigenvalue weighted by Crippen LogP contribution is 2.29. The molecule has 0 saturated carbocycles. The first-order valence-corrected chi connectivity index (χ1v) is 7.27. The smallest absolute Gasteiger partial charge is 0.273 e. The van der Waals surface area contributed by atoms with Gasteiger partial charge in [0.1, 0.15) is 5.69 Å². The Morgan fingerprint density at radius 2 is 1.48 bits per heavy atom. The van der Waals surface area contributed by atoms with Crippen LogP contribution in [-0.2, 0) is 0 Å². The van der Waals surface area contributed by atoms with E-state index in [2.05, 4.69) is 5.73 Å². The van der Waals surface area contributed by atoms with Crippen molar-refractivity contribution >= 4 is 11.4 Å². The van der Waals surface area contributed by atoms with Gasteiger partial charge in [-0.15, -0.1) is 0 Å². The standard InChI is InChI=1S/C8H9NO4.C8H11NO2.ClH/c1-2-13-8-4-3-6(9(11)12)5-7(8)10;1-2-11-8-4-3-6(9)5-7(8)10;/h3-5,10H,2H2,1H3;3-5,10H,2,9H2,1H3;1H. The van der Waals surface area contributed by atoms with Crippen molar-refractivity contribution in [3.8, 4) is 23.0 Å². The number of nitro groups is 1. The third kappa shape index (κ3) is 7.15. The van der Waals surface area contributed by atoms with E-state index in [0.29, 0.717) is 19.0 Å². The summed E-state index contributed by atoms with van der Waals surface area (Å²) < 4.78 is 10.1. The van der Waals surface area contributed by atoms with Crippen LogP contribution in [0.4, 0.5) is 11.4 Å². The van der Waals surface area contributed by atoms with Gasteiger partial charge in [0.25, 0.3) is 5.69 Å². The maximum Gasteiger partial charge on any atom is 0.273 e. The molecule has 0 amide bonds. The van der Waals surface area contributed by atoms with Crippen molar-refractivity contribution in [2.24, 2.45) is 0 Å². The first-order chi connectivity index (χ1) is 11.4. The van der Waals surface area contributed by atoms with E-state index in [-0.39, 0.29) is 35.3 Å². The van der Waals surface area contributed by atoms with Gasteiger partial charge in [-0.1, -0.05) is 0 Å². The van der Waals surface area contributed by atoms with E-state index in [0.717, 1.165) is 11.8 Å². The highest BCUT2D eigenvalue weighted by molar-refractivity contribution is 5.47. The fourth-order valence-electron chi connectivity index (χ4n) is 1.74. The van der Waals surface area contributed by atoms with E-state index in [1.807, 2.05) is 6.92 Å². The van der Waals surface area contributed by atoms with Gasteiger partial charge in [-0.3, -0.25) is 10.1 Å². The number of halogens is 1. The molecule has 0 aliphatic rings. The molecule has 0 aromatic heterocycles. The summed E-state index contributed by atoms with van der Waals surface area (Å²) in [6.45, 7) is 4.60. The molecule has 5 N–H and O–H groups in total. The lowest BCUT2D eigenvalue weighted by Crippen LogP contribution is -3.00. The summed E-state index contributed by atoms with van der Waals surface area (Å²) in [7, 11) is 0. The van der Waals surface area contributed by atoms with Gasteiger partial charge in [0, 0.05) is 18.2 Å². The zero-order valence-electron chi connectivity index (χ0n) is 13.9. The SMILES string of the molecule is CCOc1ccc([N+](=O)[O-])cc1O.CCOc1ccc([NH3+])cc1O.[Cl-]. The Morgan fingerprint density at radius 3 is 1.88 bits per heavy atom. The van der Waals surface area contributed by atoms with Gasteiger partial charge in [-0.05, 0) is 26.0 Å². The van der Waals surface area contributed by atoms with Crippen molar-refractivity contribution in [1.29, 1.82) is 0 Å². The second kappa shape index (κ2) is 11.0.